The Bertz CT molecular complexity index is 906. The number of aromatic nitrogens is 2. The van der Waals surface area contributed by atoms with Gasteiger partial charge in [-0.1, -0.05) is 0 Å². The van der Waals surface area contributed by atoms with Crippen LogP contribution in [0.15, 0.2) is 11.1 Å². The van der Waals surface area contributed by atoms with Crippen molar-refractivity contribution in [3.8, 4) is 12.1 Å². The molecule has 0 N–H and O–H groups in total. The van der Waals surface area contributed by atoms with Gasteiger partial charge in [0.15, 0.2) is 11.4 Å². The average Bonchev–Trinajstić information content (AvgIpc) is 3.17. The van der Waals surface area contributed by atoms with E-state index in [9.17, 15) is 20.1 Å². The molecule has 0 saturated heterocycles. The molecular formula is C18H17N5O4. The van der Waals surface area contributed by atoms with Crippen molar-refractivity contribution in [3.63, 3.8) is 0 Å². The molecule has 0 aliphatic carbocycles. The summed E-state index contributed by atoms with van der Waals surface area (Å²) < 4.78 is 9.78. The molecule has 138 valence electrons. The molecule has 3 heterocycles. The van der Waals surface area contributed by atoms with E-state index in [0.29, 0.717) is 11.4 Å². The standard InChI is InChI=1S/C18H17N5O4/c1-18(2,3)23-14-10(16(24)26-4)11(17(25)27-5)15(23)13-12(14)21-8(6-19)9(7-20)22-13/h14-15H,1-5H3. The second-order valence-electron chi connectivity index (χ2n) is 7.11. The Morgan fingerprint density at radius 2 is 1.30 bits per heavy atom. The van der Waals surface area contributed by atoms with E-state index in [-0.39, 0.29) is 22.5 Å². The predicted molar refractivity (Wildman–Crippen MR) is 89.6 cm³/mol. The number of carbonyl (C=O) groups excluding carboxylic acids is 2. The van der Waals surface area contributed by atoms with E-state index >= 15 is 0 Å². The lowest BCUT2D eigenvalue weighted by atomic mass is 9.91. The van der Waals surface area contributed by atoms with Gasteiger partial charge in [-0.05, 0) is 20.8 Å². The highest BCUT2D eigenvalue weighted by Gasteiger charge is 2.59. The number of hydrogen-bond donors (Lipinski definition) is 0. The fraction of sp³-hybridized carbons (Fsp3) is 0.444. The summed E-state index contributed by atoms with van der Waals surface area (Å²) in [6, 6.07) is 2.26. The molecule has 27 heavy (non-hydrogen) atoms. The fourth-order valence-corrected chi connectivity index (χ4v) is 3.72. The average molecular weight is 367 g/mol. The van der Waals surface area contributed by atoms with Crippen LogP contribution in [-0.4, -0.2) is 46.6 Å². The minimum atomic E-state index is -0.723. The van der Waals surface area contributed by atoms with E-state index in [0.717, 1.165) is 0 Å². The van der Waals surface area contributed by atoms with Crippen LogP contribution < -0.4 is 0 Å². The van der Waals surface area contributed by atoms with Crippen molar-refractivity contribution in [1.29, 1.82) is 10.5 Å². The van der Waals surface area contributed by atoms with Crippen molar-refractivity contribution in [2.45, 2.75) is 38.4 Å². The summed E-state index contributed by atoms with van der Waals surface area (Å²) in [5, 5.41) is 18.6. The van der Waals surface area contributed by atoms with Crippen LogP contribution in [0.25, 0.3) is 0 Å². The number of nitriles is 2. The SMILES string of the molecule is COC(=O)C1=C(C(=O)OC)C2c3nc(C#N)c(C#N)nc3C1N2C(C)(C)C. The lowest BCUT2D eigenvalue weighted by Gasteiger charge is -2.36. The third kappa shape index (κ3) is 2.47. The number of hydrogen-bond acceptors (Lipinski definition) is 9. The molecule has 1 aromatic heterocycles. The number of methoxy groups -OCH3 is 2. The second-order valence-corrected chi connectivity index (χ2v) is 7.11. The molecule has 2 bridgehead atoms. The molecule has 2 unspecified atom stereocenters. The quantitative estimate of drug-likeness (QED) is 0.705. The topological polar surface area (TPSA) is 129 Å². The molecular weight excluding hydrogens is 350 g/mol. The van der Waals surface area contributed by atoms with Gasteiger partial charge in [-0.3, -0.25) is 4.90 Å². The van der Waals surface area contributed by atoms with Crippen molar-refractivity contribution in [1.82, 2.24) is 14.9 Å². The lowest BCUT2D eigenvalue weighted by Crippen LogP contribution is -2.40. The first-order valence-corrected chi connectivity index (χ1v) is 8.12. The van der Waals surface area contributed by atoms with Gasteiger partial charge in [0.1, 0.15) is 12.1 Å². The van der Waals surface area contributed by atoms with Gasteiger partial charge in [-0.15, -0.1) is 0 Å². The normalized spacial score (nSPS) is 20.7. The van der Waals surface area contributed by atoms with Crippen molar-refractivity contribution < 1.29 is 19.1 Å². The number of fused-ring (bicyclic) bond motifs is 5. The Balaban J connectivity index is 2.35. The number of nitrogens with zero attached hydrogens (tertiary/aromatic N) is 5. The highest BCUT2D eigenvalue weighted by Crippen LogP contribution is 2.58. The van der Waals surface area contributed by atoms with Crippen molar-refractivity contribution in [3.05, 3.63) is 33.9 Å². The molecule has 0 amide bonds. The largest absolute Gasteiger partial charge is 0.466 e. The van der Waals surface area contributed by atoms with Gasteiger partial charge < -0.3 is 9.47 Å². The molecule has 0 saturated carbocycles. The monoisotopic (exact) mass is 367 g/mol. The summed E-state index contributed by atoms with van der Waals surface area (Å²) >= 11 is 0. The summed E-state index contributed by atoms with van der Waals surface area (Å²) in [6.07, 6.45) is 0. The van der Waals surface area contributed by atoms with Gasteiger partial charge in [0.05, 0.1) is 48.8 Å². The molecule has 3 rings (SSSR count). The number of ether oxygens (including phenoxy) is 2. The van der Waals surface area contributed by atoms with E-state index in [2.05, 4.69) is 9.97 Å². The Morgan fingerprint density at radius 3 is 1.56 bits per heavy atom. The molecule has 1 aromatic rings. The minimum Gasteiger partial charge on any atom is -0.466 e. The Hall–Kier alpha value is -3.30. The molecule has 0 spiro atoms. The van der Waals surface area contributed by atoms with Crippen molar-refractivity contribution in [2.75, 3.05) is 14.2 Å². The molecule has 0 fully saturated rings. The minimum absolute atomic E-state index is 0.124. The van der Waals surface area contributed by atoms with Crippen LogP contribution in [0.2, 0.25) is 0 Å². The van der Waals surface area contributed by atoms with E-state index in [1.165, 1.54) is 14.2 Å². The van der Waals surface area contributed by atoms with Crippen LogP contribution >= 0.6 is 0 Å². The second kappa shape index (κ2) is 6.15. The molecule has 9 nitrogen and oxygen atoms in total. The van der Waals surface area contributed by atoms with Crippen LogP contribution in [-0.2, 0) is 19.1 Å². The zero-order chi connectivity index (χ0) is 20.1. The zero-order valence-corrected chi connectivity index (χ0v) is 15.5. The number of rotatable bonds is 2. The Kier molecular flexibility index (Phi) is 4.21. The van der Waals surface area contributed by atoms with Gasteiger partial charge in [-0.2, -0.15) is 10.5 Å². The van der Waals surface area contributed by atoms with Gasteiger partial charge >= 0.3 is 11.9 Å². The number of carbonyl (C=O) groups is 2. The van der Waals surface area contributed by atoms with Gasteiger partial charge in [0, 0.05) is 5.54 Å². The van der Waals surface area contributed by atoms with Crippen LogP contribution in [0, 0.1) is 22.7 Å². The fourth-order valence-electron chi connectivity index (χ4n) is 3.72. The van der Waals surface area contributed by atoms with Crippen molar-refractivity contribution >= 4 is 11.9 Å². The summed E-state index contributed by atoms with van der Waals surface area (Å²) in [5.74, 6) is -1.35. The summed E-state index contributed by atoms with van der Waals surface area (Å²) in [7, 11) is 2.45. The van der Waals surface area contributed by atoms with E-state index in [4.69, 9.17) is 9.47 Å². The van der Waals surface area contributed by atoms with Crippen molar-refractivity contribution in [2.24, 2.45) is 0 Å². The predicted octanol–water partition coefficient (Wildman–Crippen LogP) is 1.07. The van der Waals surface area contributed by atoms with E-state index in [1.54, 1.807) is 0 Å². The molecule has 2 aliphatic heterocycles. The Labute approximate surface area is 155 Å². The van der Waals surface area contributed by atoms with Crippen LogP contribution in [0.4, 0.5) is 0 Å². The Morgan fingerprint density at radius 1 is 0.926 bits per heavy atom. The van der Waals surface area contributed by atoms with E-state index in [1.807, 2.05) is 37.8 Å². The maximum absolute atomic E-state index is 12.5. The third-order valence-corrected chi connectivity index (χ3v) is 4.66. The van der Waals surface area contributed by atoms with Crippen LogP contribution in [0.1, 0.15) is 55.6 Å². The maximum atomic E-state index is 12.5. The van der Waals surface area contributed by atoms with Crippen LogP contribution in [0.5, 0.6) is 0 Å². The first-order valence-electron chi connectivity index (χ1n) is 8.12. The third-order valence-electron chi connectivity index (χ3n) is 4.66. The van der Waals surface area contributed by atoms with Crippen LogP contribution in [0.3, 0.4) is 0 Å². The highest BCUT2D eigenvalue weighted by molar-refractivity contribution is 6.04. The molecule has 2 aliphatic rings. The van der Waals surface area contributed by atoms with Gasteiger partial charge in [0.2, 0.25) is 0 Å². The first-order chi connectivity index (χ1) is 12.7. The molecule has 0 radical (unpaired) electrons. The summed E-state index contributed by atoms with van der Waals surface area (Å²) in [4.78, 5) is 35.5. The molecule has 9 heteroatoms. The number of esters is 2. The zero-order valence-electron chi connectivity index (χ0n) is 15.5. The lowest BCUT2D eigenvalue weighted by molar-refractivity contribution is -0.139. The first kappa shape index (κ1) is 18.5. The van der Waals surface area contributed by atoms with E-state index < -0.39 is 29.6 Å². The van der Waals surface area contributed by atoms with Gasteiger partial charge in [-0.25, -0.2) is 19.6 Å². The molecule has 2 atom stereocenters. The summed E-state index contributed by atoms with van der Waals surface area (Å²) in [6.45, 7) is 5.76. The molecule has 0 aromatic carbocycles. The summed E-state index contributed by atoms with van der Waals surface area (Å²) in [5.41, 5.74) is 0.256. The van der Waals surface area contributed by atoms with Gasteiger partial charge in [0.25, 0.3) is 0 Å². The smallest absolute Gasteiger partial charge is 0.336 e. The maximum Gasteiger partial charge on any atom is 0.336 e. The highest BCUT2D eigenvalue weighted by atomic mass is 16.5.